The second kappa shape index (κ2) is 7.57. The highest BCUT2D eigenvalue weighted by Crippen LogP contribution is 2.24. The van der Waals surface area contributed by atoms with Crippen molar-refractivity contribution in [2.45, 2.75) is 20.0 Å². The van der Waals surface area contributed by atoms with Crippen LogP contribution in [0.3, 0.4) is 0 Å². The van der Waals surface area contributed by atoms with Crippen molar-refractivity contribution in [1.29, 1.82) is 0 Å². The molecule has 27 heavy (non-hydrogen) atoms. The van der Waals surface area contributed by atoms with Crippen LogP contribution in [0.25, 0.3) is 10.9 Å². The average Bonchev–Trinajstić information content (AvgIpc) is 3.03. The number of carbonyl (C=O) groups is 1. The van der Waals surface area contributed by atoms with E-state index in [-0.39, 0.29) is 18.0 Å². The van der Waals surface area contributed by atoms with Gasteiger partial charge in [-0.05, 0) is 37.3 Å². The zero-order valence-corrected chi connectivity index (χ0v) is 15.9. The second-order valence-corrected chi connectivity index (χ2v) is 6.15. The fourth-order valence-corrected chi connectivity index (χ4v) is 3.13. The molecule has 0 atom stereocenters. The molecule has 0 saturated carbocycles. The lowest BCUT2D eigenvalue weighted by molar-refractivity contribution is 0.0943. The van der Waals surface area contributed by atoms with Crippen LogP contribution in [0.2, 0.25) is 0 Å². The summed E-state index contributed by atoms with van der Waals surface area (Å²) in [7, 11) is 4.94. The van der Waals surface area contributed by atoms with Crippen LogP contribution in [0.1, 0.15) is 23.0 Å². The number of fused-ring (bicyclic) bond motifs is 1. The van der Waals surface area contributed by atoms with Crippen molar-refractivity contribution in [2.75, 3.05) is 14.2 Å². The number of amides is 1. The molecular weight excluding hydrogens is 346 g/mol. The minimum absolute atomic E-state index is 0.0980. The Labute approximate surface area is 157 Å². The molecule has 0 aliphatic heterocycles. The summed E-state index contributed by atoms with van der Waals surface area (Å²) in [6, 6.07) is 8.90. The predicted octanol–water partition coefficient (Wildman–Crippen LogP) is 2.31. The predicted molar refractivity (Wildman–Crippen MR) is 104 cm³/mol. The minimum Gasteiger partial charge on any atom is -0.497 e. The Hall–Kier alpha value is -3.22. The Kier molecular flexibility index (Phi) is 5.21. The first kappa shape index (κ1) is 18.6. The molecule has 142 valence electrons. The summed E-state index contributed by atoms with van der Waals surface area (Å²) in [4.78, 5) is 25.2. The number of carbonyl (C=O) groups excluding carboxylic acids is 1. The Balaban J connectivity index is 1.88. The van der Waals surface area contributed by atoms with Gasteiger partial charge in [0, 0.05) is 31.9 Å². The van der Waals surface area contributed by atoms with Gasteiger partial charge in [0.2, 0.25) is 0 Å². The van der Waals surface area contributed by atoms with Crippen LogP contribution < -0.4 is 20.3 Å². The van der Waals surface area contributed by atoms with E-state index in [2.05, 4.69) is 5.32 Å². The molecule has 2 aromatic heterocycles. The SMILES string of the molecule is CCn1ccc2c(cc(C(=O)NCc3cc(OC)ccc3OC)n2C)c1=O. The van der Waals surface area contributed by atoms with E-state index in [4.69, 9.17) is 9.47 Å². The maximum absolute atomic E-state index is 12.7. The Morgan fingerprint density at radius 3 is 2.59 bits per heavy atom. The fraction of sp³-hybridized carbons (Fsp3) is 0.300. The van der Waals surface area contributed by atoms with E-state index in [9.17, 15) is 9.59 Å². The lowest BCUT2D eigenvalue weighted by atomic mass is 10.2. The number of nitrogens with one attached hydrogen (secondary N) is 1. The molecule has 7 nitrogen and oxygen atoms in total. The van der Waals surface area contributed by atoms with E-state index in [1.807, 2.05) is 19.1 Å². The first-order chi connectivity index (χ1) is 13.0. The summed E-state index contributed by atoms with van der Waals surface area (Å²) < 4.78 is 13.9. The number of hydrogen-bond acceptors (Lipinski definition) is 4. The zero-order chi connectivity index (χ0) is 19.6. The number of hydrogen-bond donors (Lipinski definition) is 1. The van der Waals surface area contributed by atoms with Crippen molar-refractivity contribution >= 4 is 16.8 Å². The molecule has 2 heterocycles. The van der Waals surface area contributed by atoms with Crippen molar-refractivity contribution in [3.63, 3.8) is 0 Å². The molecule has 0 bridgehead atoms. The van der Waals surface area contributed by atoms with Crippen molar-refractivity contribution in [3.05, 3.63) is 58.1 Å². The van der Waals surface area contributed by atoms with Crippen molar-refractivity contribution < 1.29 is 14.3 Å². The normalized spacial score (nSPS) is 10.8. The van der Waals surface area contributed by atoms with Gasteiger partial charge in [-0.15, -0.1) is 0 Å². The van der Waals surface area contributed by atoms with Gasteiger partial charge in [-0.2, -0.15) is 0 Å². The smallest absolute Gasteiger partial charge is 0.268 e. The molecule has 0 saturated heterocycles. The number of pyridine rings is 1. The quantitative estimate of drug-likeness (QED) is 0.724. The molecule has 0 aliphatic rings. The molecular formula is C20H23N3O4. The number of nitrogens with zero attached hydrogens (tertiary/aromatic N) is 2. The van der Waals surface area contributed by atoms with Gasteiger partial charge >= 0.3 is 0 Å². The number of ether oxygens (including phenoxy) is 2. The fourth-order valence-electron chi connectivity index (χ4n) is 3.13. The van der Waals surface area contributed by atoms with Crippen LogP contribution in [0, 0.1) is 0 Å². The summed E-state index contributed by atoms with van der Waals surface area (Å²) in [5.74, 6) is 1.09. The molecule has 1 aromatic carbocycles. The second-order valence-electron chi connectivity index (χ2n) is 6.15. The van der Waals surface area contributed by atoms with Crippen LogP contribution >= 0.6 is 0 Å². The van der Waals surface area contributed by atoms with E-state index in [1.54, 1.807) is 54.8 Å². The maximum Gasteiger partial charge on any atom is 0.268 e. The largest absolute Gasteiger partial charge is 0.497 e. The lowest BCUT2D eigenvalue weighted by Crippen LogP contribution is -2.25. The topological polar surface area (TPSA) is 74.5 Å². The first-order valence-electron chi connectivity index (χ1n) is 8.68. The van der Waals surface area contributed by atoms with Gasteiger partial charge in [0.1, 0.15) is 17.2 Å². The van der Waals surface area contributed by atoms with Crippen LogP contribution in [0.5, 0.6) is 11.5 Å². The molecule has 0 unspecified atom stereocenters. The molecule has 3 rings (SSSR count). The highest BCUT2D eigenvalue weighted by molar-refractivity contribution is 5.98. The number of aromatic nitrogens is 2. The third-order valence-corrected chi connectivity index (χ3v) is 4.68. The van der Waals surface area contributed by atoms with Gasteiger partial charge in [0.25, 0.3) is 11.5 Å². The average molecular weight is 369 g/mol. The van der Waals surface area contributed by atoms with Crippen LogP contribution in [0.4, 0.5) is 0 Å². The third-order valence-electron chi connectivity index (χ3n) is 4.68. The summed E-state index contributed by atoms with van der Waals surface area (Å²) >= 11 is 0. The van der Waals surface area contributed by atoms with Gasteiger partial charge in [-0.3, -0.25) is 9.59 Å². The number of aryl methyl sites for hydroxylation is 2. The highest BCUT2D eigenvalue weighted by atomic mass is 16.5. The van der Waals surface area contributed by atoms with E-state index < -0.39 is 0 Å². The molecule has 7 heteroatoms. The number of methoxy groups -OCH3 is 2. The summed E-state index contributed by atoms with van der Waals surface area (Å²) in [6.07, 6.45) is 1.74. The van der Waals surface area contributed by atoms with E-state index in [0.29, 0.717) is 29.1 Å². The Morgan fingerprint density at radius 2 is 1.93 bits per heavy atom. The van der Waals surface area contributed by atoms with Crippen LogP contribution in [-0.4, -0.2) is 29.3 Å². The van der Waals surface area contributed by atoms with Crippen molar-refractivity contribution in [1.82, 2.24) is 14.5 Å². The molecule has 0 spiro atoms. The number of benzene rings is 1. The minimum atomic E-state index is -0.263. The zero-order valence-electron chi connectivity index (χ0n) is 15.9. The maximum atomic E-state index is 12.7. The summed E-state index contributed by atoms with van der Waals surface area (Å²) in [5, 5.41) is 3.42. The van der Waals surface area contributed by atoms with E-state index in [0.717, 1.165) is 11.1 Å². The first-order valence-corrected chi connectivity index (χ1v) is 8.68. The lowest BCUT2D eigenvalue weighted by Gasteiger charge is -2.12. The van der Waals surface area contributed by atoms with Gasteiger partial charge in [-0.25, -0.2) is 0 Å². The summed E-state index contributed by atoms with van der Waals surface area (Å²) in [5.41, 5.74) is 1.86. The number of rotatable bonds is 6. The van der Waals surface area contributed by atoms with Gasteiger partial charge in [-0.1, -0.05) is 0 Å². The Morgan fingerprint density at radius 1 is 1.15 bits per heavy atom. The van der Waals surface area contributed by atoms with Crippen LogP contribution in [-0.2, 0) is 20.1 Å². The van der Waals surface area contributed by atoms with Crippen molar-refractivity contribution in [2.24, 2.45) is 7.05 Å². The molecule has 0 aliphatic carbocycles. The molecule has 3 aromatic rings. The molecule has 1 N–H and O–H groups in total. The standard InChI is InChI=1S/C20H23N3O4/c1-5-23-9-8-16-15(20(23)25)11-17(22(16)2)19(24)21-12-13-10-14(26-3)6-7-18(13)27-4/h6-11H,5,12H2,1-4H3,(H,21,24). The van der Waals surface area contributed by atoms with E-state index in [1.165, 1.54) is 0 Å². The summed E-state index contributed by atoms with van der Waals surface area (Å²) in [6.45, 7) is 2.77. The third kappa shape index (κ3) is 3.40. The Bertz CT molecular complexity index is 1050. The van der Waals surface area contributed by atoms with Gasteiger partial charge in [0.15, 0.2) is 0 Å². The molecule has 1 amide bonds. The van der Waals surface area contributed by atoms with E-state index >= 15 is 0 Å². The van der Waals surface area contributed by atoms with Gasteiger partial charge < -0.3 is 23.9 Å². The van der Waals surface area contributed by atoms with Crippen molar-refractivity contribution in [3.8, 4) is 11.5 Å². The molecule has 0 radical (unpaired) electrons. The van der Waals surface area contributed by atoms with Gasteiger partial charge in [0.05, 0.1) is 25.1 Å². The van der Waals surface area contributed by atoms with Crippen LogP contribution in [0.15, 0.2) is 41.3 Å². The highest BCUT2D eigenvalue weighted by Gasteiger charge is 2.16. The molecule has 0 fully saturated rings. The monoisotopic (exact) mass is 369 g/mol.